The molecule has 2 aromatic carbocycles. The average Bonchev–Trinajstić information content (AvgIpc) is 2.64. The molecule has 26 heavy (non-hydrogen) atoms. The molecule has 0 spiro atoms. The van der Waals surface area contributed by atoms with Crippen molar-refractivity contribution in [1.82, 2.24) is 5.32 Å². The maximum Gasteiger partial charge on any atom is 0.416 e. The highest BCUT2D eigenvalue weighted by molar-refractivity contribution is 5.97. The lowest BCUT2D eigenvalue weighted by Crippen LogP contribution is -2.28. The van der Waals surface area contributed by atoms with Crippen molar-refractivity contribution >= 4 is 5.91 Å². The maximum atomic E-state index is 12.6. The fraction of sp³-hybridized carbons (Fsp3) is 0.278. The lowest BCUT2D eigenvalue weighted by molar-refractivity contribution is -0.137. The van der Waals surface area contributed by atoms with Gasteiger partial charge in [0.15, 0.2) is 11.5 Å². The molecule has 5 nitrogen and oxygen atoms in total. The molecule has 1 atom stereocenters. The van der Waals surface area contributed by atoms with Gasteiger partial charge in [0.25, 0.3) is 5.91 Å². The van der Waals surface area contributed by atoms with Crippen molar-refractivity contribution in [3.63, 3.8) is 0 Å². The van der Waals surface area contributed by atoms with Crippen LogP contribution in [-0.2, 0) is 6.18 Å². The number of carbonyl (C=O) groups is 1. The summed E-state index contributed by atoms with van der Waals surface area (Å²) < 4.78 is 47.9. The van der Waals surface area contributed by atoms with E-state index in [0.717, 1.165) is 12.1 Å². The lowest BCUT2D eigenvalue weighted by Gasteiger charge is -2.15. The monoisotopic (exact) mass is 369 g/mol. The van der Waals surface area contributed by atoms with Crippen molar-refractivity contribution in [2.24, 2.45) is 0 Å². The molecule has 2 rings (SSSR count). The summed E-state index contributed by atoms with van der Waals surface area (Å²) in [6.45, 7) is -0.176. The number of amides is 1. The standard InChI is InChI=1S/C18H18F3NO4/c1-25-15-5-3-4-13(16(15)26-2)17(24)22-10-14(23)11-6-8-12(9-7-11)18(19,20)21/h3-9,14,23H,10H2,1-2H3,(H,22,24). The zero-order chi connectivity index (χ0) is 19.3. The number of nitrogens with one attached hydrogen (secondary N) is 1. The van der Waals surface area contributed by atoms with Gasteiger partial charge in [-0.1, -0.05) is 18.2 Å². The van der Waals surface area contributed by atoms with E-state index in [1.807, 2.05) is 0 Å². The molecule has 0 saturated carbocycles. The second-order valence-corrected chi connectivity index (χ2v) is 5.39. The molecule has 0 bridgehead atoms. The van der Waals surface area contributed by atoms with E-state index in [2.05, 4.69) is 5.32 Å². The van der Waals surface area contributed by atoms with Gasteiger partial charge in [0.1, 0.15) is 0 Å². The number of benzene rings is 2. The summed E-state index contributed by atoms with van der Waals surface area (Å²) in [7, 11) is 2.83. The molecule has 0 aromatic heterocycles. The van der Waals surface area contributed by atoms with Gasteiger partial charge in [0.05, 0.1) is 31.5 Å². The smallest absolute Gasteiger partial charge is 0.416 e. The van der Waals surface area contributed by atoms with E-state index in [1.54, 1.807) is 12.1 Å². The van der Waals surface area contributed by atoms with Crippen LogP contribution in [0.15, 0.2) is 42.5 Å². The quantitative estimate of drug-likeness (QED) is 0.821. The molecule has 8 heteroatoms. The molecule has 0 radical (unpaired) electrons. The molecule has 0 fully saturated rings. The number of aliphatic hydroxyl groups is 1. The number of hydrogen-bond donors (Lipinski definition) is 2. The van der Waals surface area contributed by atoms with Gasteiger partial charge in [-0.2, -0.15) is 13.2 Å². The molecular formula is C18H18F3NO4. The molecule has 1 amide bonds. The van der Waals surface area contributed by atoms with E-state index in [9.17, 15) is 23.1 Å². The van der Waals surface area contributed by atoms with Crippen LogP contribution in [0.2, 0.25) is 0 Å². The molecule has 0 heterocycles. The van der Waals surface area contributed by atoms with Crippen LogP contribution in [0.4, 0.5) is 13.2 Å². The number of methoxy groups -OCH3 is 2. The van der Waals surface area contributed by atoms with Crippen LogP contribution in [0.5, 0.6) is 11.5 Å². The van der Waals surface area contributed by atoms with Gasteiger partial charge in [-0.05, 0) is 29.8 Å². The van der Waals surface area contributed by atoms with Crippen LogP contribution in [0.1, 0.15) is 27.6 Å². The van der Waals surface area contributed by atoms with Crippen molar-refractivity contribution in [2.45, 2.75) is 12.3 Å². The Morgan fingerprint density at radius 3 is 2.31 bits per heavy atom. The predicted octanol–water partition coefficient (Wildman–Crippen LogP) is 3.19. The Morgan fingerprint density at radius 2 is 1.77 bits per heavy atom. The molecule has 2 N–H and O–H groups in total. The van der Waals surface area contributed by atoms with Crippen molar-refractivity contribution in [3.05, 3.63) is 59.2 Å². The van der Waals surface area contributed by atoms with E-state index >= 15 is 0 Å². The summed E-state index contributed by atoms with van der Waals surface area (Å²) in [5.74, 6) is 0.117. The highest BCUT2D eigenvalue weighted by Gasteiger charge is 2.30. The topological polar surface area (TPSA) is 67.8 Å². The van der Waals surface area contributed by atoms with Crippen LogP contribution >= 0.6 is 0 Å². The zero-order valence-corrected chi connectivity index (χ0v) is 14.1. The van der Waals surface area contributed by atoms with Crippen molar-refractivity contribution < 1.29 is 32.5 Å². The van der Waals surface area contributed by atoms with Gasteiger partial charge in [-0.25, -0.2) is 0 Å². The first-order valence-electron chi connectivity index (χ1n) is 7.62. The molecule has 2 aromatic rings. The summed E-state index contributed by atoms with van der Waals surface area (Å²) in [4.78, 5) is 12.3. The van der Waals surface area contributed by atoms with E-state index in [4.69, 9.17) is 9.47 Å². The van der Waals surface area contributed by atoms with E-state index in [-0.39, 0.29) is 23.4 Å². The minimum absolute atomic E-state index is 0.176. The van der Waals surface area contributed by atoms with Gasteiger partial charge in [-0.15, -0.1) is 0 Å². The van der Waals surface area contributed by atoms with Gasteiger partial charge < -0.3 is 19.9 Å². The first-order chi connectivity index (χ1) is 12.3. The van der Waals surface area contributed by atoms with Crippen molar-refractivity contribution in [2.75, 3.05) is 20.8 Å². The molecule has 0 aliphatic heterocycles. The van der Waals surface area contributed by atoms with Crippen molar-refractivity contribution in [1.29, 1.82) is 0 Å². The fourth-order valence-electron chi connectivity index (χ4n) is 2.36. The van der Waals surface area contributed by atoms with E-state index < -0.39 is 23.8 Å². The lowest BCUT2D eigenvalue weighted by atomic mass is 10.1. The van der Waals surface area contributed by atoms with Gasteiger partial charge in [0, 0.05) is 6.54 Å². The third kappa shape index (κ3) is 4.45. The molecule has 0 aliphatic carbocycles. The number of rotatable bonds is 6. The maximum absolute atomic E-state index is 12.6. The largest absolute Gasteiger partial charge is 0.493 e. The van der Waals surface area contributed by atoms with Crippen LogP contribution in [0.3, 0.4) is 0 Å². The third-order valence-corrected chi connectivity index (χ3v) is 3.73. The van der Waals surface area contributed by atoms with Crippen LogP contribution in [-0.4, -0.2) is 31.8 Å². The fourth-order valence-corrected chi connectivity index (χ4v) is 2.36. The Kier molecular flexibility index (Phi) is 6.10. The normalized spacial score (nSPS) is 12.4. The SMILES string of the molecule is COc1cccc(C(=O)NCC(O)c2ccc(C(F)(F)F)cc2)c1OC. The van der Waals surface area contributed by atoms with Gasteiger partial charge in [0.2, 0.25) is 0 Å². The molecule has 140 valence electrons. The first-order valence-corrected chi connectivity index (χ1v) is 7.62. The number of ether oxygens (including phenoxy) is 2. The molecule has 0 saturated heterocycles. The number of hydrogen-bond acceptors (Lipinski definition) is 4. The van der Waals surface area contributed by atoms with Gasteiger partial charge in [-0.3, -0.25) is 4.79 Å². The highest BCUT2D eigenvalue weighted by atomic mass is 19.4. The Hall–Kier alpha value is -2.74. The van der Waals surface area contributed by atoms with Crippen LogP contribution in [0.25, 0.3) is 0 Å². The van der Waals surface area contributed by atoms with Crippen LogP contribution in [0, 0.1) is 0 Å². The highest BCUT2D eigenvalue weighted by Crippen LogP contribution is 2.31. The Labute approximate surface area is 148 Å². The molecule has 0 aliphatic rings. The second-order valence-electron chi connectivity index (χ2n) is 5.39. The van der Waals surface area contributed by atoms with Crippen LogP contribution < -0.4 is 14.8 Å². The number of aliphatic hydroxyl groups excluding tert-OH is 1. The van der Waals surface area contributed by atoms with E-state index in [0.29, 0.717) is 5.75 Å². The average molecular weight is 369 g/mol. The summed E-state index contributed by atoms with van der Waals surface area (Å²) in [6, 6.07) is 8.88. The predicted molar refractivity (Wildman–Crippen MR) is 88.3 cm³/mol. The number of alkyl halides is 3. The third-order valence-electron chi connectivity index (χ3n) is 3.73. The number of halogens is 3. The number of para-hydroxylation sites is 1. The Balaban J connectivity index is 2.05. The summed E-state index contributed by atoms with van der Waals surface area (Å²) in [6.07, 6.45) is -5.60. The molecular weight excluding hydrogens is 351 g/mol. The van der Waals surface area contributed by atoms with Gasteiger partial charge >= 0.3 is 6.18 Å². The second kappa shape index (κ2) is 8.09. The Morgan fingerprint density at radius 1 is 1.12 bits per heavy atom. The summed E-state index contributed by atoms with van der Waals surface area (Å²) in [5.41, 5.74) is -0.332. The minimum Gasteiger partial charge on any atom is -0.493 e. The summed E-state index contributed by atoms with van der Waals surface area (Å²) >= 11 is 0. The first kappa shape index (κ1) is 19.6. The zero-order valence-electron chi connectivity index (χ0n) is 14.1. The molecule has 1 unspecified atom stereocenters. The number of carbonyl (C=O) groups excluding carboxylic acids is 1. The van der Waals surface area contributed by atoms with E-state index in [1.165, 1.54) is 32.4 Å². The Bertz CT molecular complexity index is 760. The minimum atomic E-state index is -4.44. The summed E-state index contributed by atoms with van der Waals surface area (Å²) in [5, 5.41) is 12.6. The van der Waals surface area contributed by atoms with Crippen molar-refractivity contribution in [3.8, 4) is 11.5 Å².